The van der Waals surface area contributed by atoms with Gasteiger partial charge in [0.15, 0.2) is 0 Å². The number of thiophene rings is 1. The lowest BCUT2D eigenvalue weighted by molar-refractivity contribution is 0.0709. The molecule has 1 amide bonds. The Morgan fingerprint density at radius 3 is 2.96 bits per heavy atom. The third-order valence-corrected chi connectivity index (χ3v) is 6.28. The molecule has 5 heteroatoms. The molecule has 0 aromatic carbocycles. The molecule has 0 spiro atoms. The summed E-state index contributed by atoms with van der Waals surface area (Å²) in [5.74, 6) is 0.197. The van der Waals surface area contributed by atoms with E-state index in [2.05, 4.69) is 35.9 Å². The maximum atomic E-state index is 13.0. The zero-order valence-corrected chi connectivity index (χ0v) is 14.7. The average molecular weight is 329 g/mol. The van der Waals surface area contributed by atoms with Crippen LogP contribution in [0.15, 0.2) is 23.8 Å². The summed E-state index contributed by atoms with van der Waals surface area (Å²) in [7, 11) is 0. The van der Waals surface area contributed by atoms with Crippen LogP contribution in [0.4, 0.5) is 0 Å². The highest BCUT2D eigenvalue weighted by atomic mass is 32.1. The molecule has 122 valence electrons. The van der Waals surface area contributed by atoms with Crippen molar-refractivity contribution in [3.05, 3.63) is 29.4 Å². The van der Waals surface area contributed by atoms with Crippen LogP contribution in [0.2, 0.25) is 0 Å². The molecule has 2 aromatic rings. The molecular weight excluding hydrogens is 306 g/mol. The fourth-order valence-electron chi connectivity index (χ4n) is 4.85. The molecule has 1 saturated heterocycles. The van der Waals surface area contributed by atoms with Crippen LogP contribution in [0.5, 0.6) is 0 Å². The first-order chi connectivity index (χ1) is 10.9. The van der Waals surface area contributed by atoms with Gasteiger partial charge in [0.1, 0.15) is 0 Å². The third-order valence-electron chi connectivity index (χ3n) is 5.30. The quantitative estimate of drug-likeness (QED) is 0.898. The number of hydrogen-bond donors (Lipinski definition) is 1. The number of aromatic nitrogens is 2. The summed E-state index contributed by atoms with van der Waals surface area (Å²) in [6.45, 7) is 7.93. The highest BCUT2D eigenvalue weighted by molar-refractivity contribution is 7.13. The number of aromatic amines is 1. The van der Waals surface area contributed by atoms with E-state index in [1.807, 2.05) is 17.6 Å². The molecule has 4 rings (SSSR count). The molecule has 1 aliphatic carbocycles. The summed E-state index contributed by atoms with van der Waals surface area (Å²) in [5, 5.41) is 8.80. The Labute approximate surface area is 140 Å². The lowest BCUT2D eigenvalue weighted by atomic mass is 9.65. The van der Waals surface area contributed by atoms with E-state index >= 15 is 0 Å². The molecule has 23 heavy (non-hydrogen) atoms. The third kappa shape index (κ3) is 2.61. The lowest BCUT2D eigenvalue weighted by Crippen LogP contribution is -2.37. The molecule has 2 atom stereocenters. The van der Waals surface area contributed by atoms with Crippen molar-refractivity contribution in [2.45, 2.75) is 46.1 Å². The molecule has 0 radical (unpaired) electrons. The van der Waals surface area contributed by atoms with Gasteiger partial charge in [-0.3, -0.25) is 9.89 Å². The summed E-state index contributed by atoms with van der Waals surface area (Å²) in [6, 6.07) is 2.40. The number of carbonyl (C=O) groups excluding carboxylic acids is 1. The smallest absolute Gasteiger partial charge is 0.254 e. The number of nitrogens with zero attached hydrogens (tertiary/aromatic N) is 2. The first-order valence-electron chi connectivity index (χ1n) is 8.24. The topological polar surface area (TPSA) is 49.0 Å². The van der Waals surface area contributed by atoms with Crippen LogP contribution in [0, 0.1) is 10.8 Å². The van der Waals surface area contributed by atoms with Crippen LogP contribution >= 0.6 is 11.3 Å². The number of fused-ring (bicyclic) bond motifs is 2. The second-order valence-corrected chi connectivity index (χ2v) is 9.24. The van der Waals surface area contributed by atoms with E-state index in [9.17, 15) is 4.79 Å². The van der Waals surface area contributed by atoms with Crippen LogP contribution in [0.1, 0.15) is 50.4 Å². The summed E-state index contributed by atoms with van der Waals surface area (Å²) < 4.78 is 0. The molecule has 2 fully saturated rings. The minimum absolute atomic E-state index is 0.197. The van der Waals surface area contributed by atoms with Gasteiger partial charge in [-0.1, -0.05) is 20.8 Å². The van der Waals surface area contributed by atoms with Gasteiger partial charge in [0.05, 0.1) is 11.8 Å². The van der Waals surface area contributed by atoms with E-state index in [1.54, 1.807) is 17.5 Å². The summed E-state index contributed by atoms with van der Waals surface area (Å²) in [5.41, 5.74) is 2.48. The molecule has 1 saturated carbocycles. The van der Waals surface area contributed by atoms with E-state index in [-0.39, 0.29) is 11.3 Å². The first-order valence-corrected chi connectivity index (χ1v) is 9.12. The van der Waals surface area contributed by atoms with Crippen LogP contribution in [0.3, 0.4) is 0 Å². The summed E-state index contributed by atoms with van der Waals surface area (Å²) in [6.07, 6.45) is 7.15. The minimum Gasteiger partial charge on any atom is -0.335 e. The normalized spacial score (nSPS) is 29.0. The standard InChI is InChI=1S/C18H23N3OS/c1-17(2)5-14-6-18(3,10-17)11-21(14)16(22)12-4-15(23-9-12)13-7-19-20-8-13/h4,7-9,14H,5-6,10-11H2,1-3H3,(H,19,20). The number of carbonyl (C=O) groups is 1. The number of likely N-dealkylation sites (tertiary alicyclic amines) is 1. The number of nitrogens with one attached hydrogen (secondary N) is 1. The van der Waals surface area contributed by atoms with Crippen molar-refractivity contribution in [2.24, 2.45) is 10.8 Å². The Bertz CT molecular complexity index is 733. The van der Waals surface area contributed by atoms with E-state index in [4.69, 9.17) is 0 Å². The second kappa shape index (κ2) is 4.94. The molecule has 2 bridgehead atoms. The van der Waals surface area contributed by atoms with Crippen molar-refractivity contribution in [1.29, 1.82) is 0 Å². The maximum absolute atomic E-state index is 13.0. The number of amides is 1. The Balaban J connectivity index is 1.58. The predicted molar refractivity (Wildman–Crippen MR) is 92.5 cm³/mol. The second-order valence-electron chi connectivity index (χ2n) is 8.33. The van der Waals surface area contributed by atoms with Crippen molar-refractivity contribution in [3.8, 4) is 10.4 Å². The fourth-order valence-corrected chi connectivity index (χ4v) is 5.71. The Kier molecular flexibility index (Phi) is 3.21. The fraction of sp³-hybridized carbons (Fsp3) is 0.556. The summed E-state index contributed by atoms with van der Waals surface area (Å²) in [4.78, 5) is 16.3. The Hall–Kier alpha value is -1.62. The van der Waals surface area contributed by atoms with Crippen LogP contribution < -0.4 is 0 Å². The van der Waals surface area contributed by atoms with Gasteiger partial charge in [-0.05, 0) is 36.2 Å². The van der Waals surface area contributed by atoms with Crippen molar-refractivity contribution < 1.29 is 4.79 Å². The first kappa shape index (κ1) is 14.9. The molecule has 1 aliphatic heterocycles. The van der Waals surface area contributed by atoms with Crippen molar-refractivity contribution in [1.82, 2.24) is 15.1 Å². The van der Waals surface area contributed by atoms with Crippen LogP contribution in [-0.4, -0.2) is 33.6 Å². The molecule has 1 N–H and O–H groups in total. The lowest BCUT2D eigenvalue weighted by Gasteiger charge is -2.39. The zero-order chi connectivity index (χ0) is 16.2. The SMILES string of the molecule is CC1(C)CC2CC(C)(CN2C(=O)c2csc(-c3cn[nH]c3)c2)C1. The van der Waals surface area contributed by atoms with Crippen molar-refractivity contribution in [3.63, 3.8) is 0 Å². The highest BCUT2D eigenvalue weighted by Gasteiger charge is 2.51. The van der Waals surface area contributed by atoms with E-state index in [0.29, 0.717) is 11.5 Å². The van der Waals surface area contributed by atoms with Gasteiger partial charge in [-0.15, -0.1) is 11.3 Å². The monoisotopic (exact) mass is 329 g/mol. The molecule has 2 aromatic heterocycles. The molecule has 4 nitrogen and oxygen atoms in total. The number of rotatable bonds is 2. The molecular formula is C18H23N3OS. The van der Waals surface area contributed by atoms with Gasteiger partial charge in [-0.25, -0.2) is 0 Å². The summed E-state index contributed by atoms with van der Waals surface area (Å²) >= 11 is 1.61. The largest absolute Gasteiger partial charge is 0.335 e. The number of hydrogen-bond acceptors (Lipinski definition) is 3. The maximum Gasteiger partial charge on any atom is 0.254 e. The van der Waals surface area contributed by atoms with Gasteiger partial charge in [0, 0.05) is 34.6 Å². The van der Waals surface area contributed by atoms with Crippen LogP contribution in [-0.2, 0) is 0 Å². The van der Waals surface area contributed by atoms with E-state index in [1.165, 1.54) is 6.42 Å². The molecule has 2 aliphatic rings. The highest BCUT2D eigenvalue weighted by Crippen LogP contribution is 2.52. The van der Waals surface area contributed by atoms with Crippen LogP contribution in [0.25, 0.3) is 10.4 Å². The zero-order valence-electron chi connectivity index (χ0n) is 13.9. The van der Waals surface area contributed by atoms with E-state index < -0.39 is 0 Å². The van der Waals surface area contributed by atoms with Gasteiger partial charge in [0.25, 0.3) is 5.91 Å². The van der Waals surface area contributed by atoms with Gasteiger partial charge in [-0.2, -0.15) is 5.10 Å². The molecule has 3 heterocycles. The van der Waals surface area contributed by atoms with E-state index in [0.717, 1.165) is 35.4 Å². The Morgan fingerprint density at radius 2 is 2.22 bits per heavy atom. The minimum atomic E-state index is 0.197. The Morgan fingerprint density at radius 1 is 1.39 bits per heavy atom. The molecule has 2 unspecified atom stereocenters. The number of H-pyrrole nitrogens is 1. The van der Waals surface area contributed by atoms with Gasteiger partial charge < -0.3 is 4.90 Å². The predicted octanol–water partition coefficient (Wildman–Crippen LogP) is 4.18. The van der Waals surface area contributed by atoms with Crippen molar-refractivity contribution >= 4 is 17.2 Å². The van der Waals surface area contributed by atoms with Gasteiger partial charge in [0.2, 0.25) is 0 Å². The van der Waals surface area contributed by atoms with Crippen molar-refractivity contribution in [2.75, 3.05) is 6.54 Å². The van der Waals surface area contributed by atoms with Gasteiger partial charge >= 0.3 is 0 Å². The average Bonchev–Trinajstić information content (AvgIpc) is 3.14.